The van der Waals surface area contributed by atoms with E-state index in [2.05, 4.69) is 10.6 Å². The van der Waals surface area contributed by atoms with Crippen LogP contribution in [0.3, 0.4) is 0 Å². The third-order valence-corrected chi connectivity index (χ3v) is 9.98. The number of aromatic nitrogens is 1. The van der Waals surface area contributed by atoms with Crippen LogP contribution in [-0.2, 0) is 36.9 Å². The number of thiocarbonyl (C=S) groups is 1. The van der Waals surface area contributed by atoms with E-state index < -0.39 is 30.1 Å². The number of nitrogens with one attached hydrogen (secondary N) is 2. The maximum Gasteiger partial charge on any atom is 0.264 e. The molecule has 1 saturated carbocycles. The van der Waals surface area contributed by atoms with Gasteiger partial charge in [0.05, 0.1) is 63.2 Å². The number of fused-ring (bicyclic) bond motifs is 2. The van der Waals surface area contributed by atoms with Crippen molar-refractivity contribution in [2.75, 3.05) is 58.0 Å². The van der Waals surface area contributed by atoms with Crippen LogP contribution in [0.4, 0.5) is 14.5 Å². The largest absolute Gasteiger partial charge is 0.389 e. The van der Waals surface area contributed by atoms with Crippen LogP contribution in [0.1, 0.15) is 57.5 Å². The van der Waals surface area contributed by atoms with E-state index in [0.29, 0.717) is 70.0 Å². The zero-order valence-corrected chi connectivity index (χ0v) is 31.7. The molecule has 0 spiro atoms. The number of rotatable bonds is 21. The second-order valence-electron chi connectivity index (χ2n) is 13.6. The minimum atomic E-state index is -2.40. The summed E-state index contributed by atoms with van der Waals surface area (Å²) in [7, 11) is 0. The summed E-state index contributed by atoms with van der Waals surface area (Å²) in [5.41, 5.74) is 11.3. The first-order valence-corrected chi connectivity index (χ1v) is 19.1. The molecule has 4 N–H and O–H groups in total. The number of aryl methyl sites for hydroxylation is 1. The van der Waals surface area contributed by atoms with Crippen LogP contribution >= 0.6 is 12.2 Å². The number of Topliss-reactive ketones (excluding diaryl/α,β-unsaturated/α-hetero) is 2. The summed E-state index contributed by atoms with van der Waals surface area (Å²) in [5, 5.41) is 7.48. The van der Waals surface area contributed by atoms with Gasteiger partial charge in [-0.25, -0.2) is 8.78 Å². The minimum Gasteiger partial charge on any atom is -0.389 e. The molecule has 6 rings (SSSR count). The van der Waals surface area contributed by atoms with Gasteiger partial charge in [-0.15, -0.1) is 0 Å². The highest BCUT2D eigenvalue weighted by Crippen LogP contribution is 2.34. The van der Waals surface area contributed by atoms with Gasteiger partial charge in [-0.2, -0.15) is 0 Å². The Morgan fingerprint density at radius 3 is 2.34 bits per heavy atom. The number of ether oxygens (including phenoxy) is 3. The summed E-state index contributed by atoms with van der Waals surface area (Å²) in [4.78, 5) is 51.7. The molecule has 0 saturated heterocycles. The smallest absolute Gasteiger partial charge is 0.264 e. The molecule has 2 amide bonds. The summed E-state index contributed by atoms with van der Waals surface area (Å²) < 4.78 is 45.1. The molecular weight excluding hydrogens is 745 g/mol. The second-order valence-corrected chi connectivity index (χ2v) is 14.0. The molecule has 56 heavy (non-hydrogen) atoms. The number of carbonyl (C=O) groups is 4. The van der Waals surface area contributed by atoms with Crippen molar-refractivity contribution in [2.24, 2.45) is 5.73 Å². The Morgan fingerprint density at radius 1 is 0.875 bits per heavy atom. The number of benzene rings is 3. The first-order valence-electron chi connectivity index (χ1n) is 18.7. The van der Waals surface area contributed by atoms with Crippen molar-refractivity contribution in [3.05, 3.63) is 89.1 Å². The molecule has 1 aliphatic heterocycles. The molecule has 1 fully saturated rings. The number of carbonyl (C=O) groups excluding carboxylic acids is 4. The highest BCUT2D eigenvalue weighted by Gasteiger charge is 2.45. The van der Waals surface area contributed by atoms with E-state index in [1.54, 1.807) is 18.2 Å². The van der Waals surface area contributed by atoms with Crippen molar-refractivity contribution in [1.29, 1.82) is 0 Å². The molecule has 0 bridgehead atoms. The molecule has 4 aromatic rings. The van der Waals surface area contributed by atoms with Gasteiger partial charge in [-0.3, -0.25) is 24.1 Å². The van der Waals surface area contributed by atoms with Gasteiger partial charge in [0.2, 0.25) is 6.43 Å². The fraction of sp³-hybridized carbons (Fsp3) is 0.390. The first-order chi connectivity index (χ1) is 27.1. The lowest BCUT2D eigenvalue weighted by molar-refractivity contribution is -0.132. The predicted octanol–water partition coefficient (Wildman–Crippen LogP) is 5.14. The van der Waals surface area contributed by atoms with Crippen LogP contribution in [0, 0.1) is 0 Å². The number of nitrogens with zero attached hydrogens (tertiary/aromatic N) is 2. The molecule has 296 valence electrons. The Kier molecular flexibility index (Phi) is 14.0. The molecule has 3 aromatic carbocycles. The Hall–Kier alpha value is -4.93. The third-order valence-electron chi connectivity index (χ3n) is 9.75. The monoisotopic (exact) mass is 789 g/mol. The van der Waals surface area contributed by atoms with Gasteiger partial charge in [-0.05, 0) is 41.8 Å². The number of hydrogen-bond acceptors (Lipinski definition) is 10. The predicted molar refractivity (Wildman–Crippen MR) is 211 cm³/mol. The van der Waals surface area contributed by atoms with E-state index >= 15 is 0 Å². The average molecular weight is 790 g/mol. The summed E-state index contributed by atoms with van der Waals surface area (Å²) in [6.45, 7) is 4.12. The zero-order valence-electron chi connectivity index (χ0n) is 30.9. The highest BCUT2D eigenvalue weighted by molar-refractivity contribution is 7.80. The molecule has 2 aliphatic rings. The second kappa shape index (κ2) is 19.3. The number of amides is 2. The quantitative estimate of drug-likeness (QED) is 0.0446. The number of imide groups is 1. The Labute approximate surface area is 328 Å². The van der Waals surface area contributed by atoms with Crippen LogP contribution in [0.25, 0.3) is 22.0 Å². The van der Waals surface area contributed by atoms with Crippen LogP contribution in [0.15, 0.2) is 66.9 Å². The Morgan fingerprint density at radius 2 is 1.61 bits per heavy atom. The number of alkyl halides is 2. The van der Waals surface area contributed by atoms with Gasteiger partial charge in [0.1, 0.15) is 10.8 Å². The SMILES string of the molecule is NC(=S)c1cccc(-c2cn(CCC(F)F)c3cc(CNCCOCCOCCOCCNc4cccc5c4C(=O)N(C4CCC(=O)CC4=O)C5=O)ccc23)c1. The van der Waals surface area contributed by atoms with Crippen molar-refractivity contribution in [1.82, 2.24) is 14.8 Å². The van der Waals surface area contributed by atoms with Gasteiger partial charge in [0.25, 0.3) is 11.8 Å². The number of nitrogens with two attached hydrogens (primary N) is 1. The van der Waals surface area contributed by atoms with Gasteiger partial charge < -0.3 is 35.1 Å². The van der Waals surface area contributed by atoms with Crippen LogP contribution in [0.2, 0.25) is 0 Å². The van der Waals surface area contributed by atoms with E-state index in [-0.39, 0.29) is 49.1 Å². The van der Waals surface area contributed by atoms with Crippen LogP contribution in [-0.4, -0.2) is 103 Å². The van der Waals surface area contributed by atoms with Gasteiger partial charge >= 0.3 is 0 Å². The summed E-state index contributed by atoms with van der Waals surface area (Å²) >= 11 is 5.15. The number of ketones is 2. The van der Waals surface area contributed by atoms with E-state index in [4.69, 9.17) is 32.2 Å². The molecule has 1 aromatic heterocycles. The van der Waals surface area contributed by atoms with Crippen LogP contribution < -0.4 is 16.4 Å². The topological polar surface area (TPSA) is 154 Å². The van der Waals surface area contributed by atoms with Crippen molar-refractivity contribution in [3.63, 3.8) is 0 Å². The van der Waals surface area contributed by atoms with Crippen molar-refractivity contribution >= 4 is 57.2 Å². The van der Waals surface area contributed by atoms with Gasteiger partial charge in [0, 0.05) is 72.9 Å². The number of hydrogen-bond donors (Lipinski definition) is 3. The Bertz CT molecular complexity index is 2090. The fourth-order valence-corrected chi connectivity index (χ4v) is 7.11. The number of anilines is 1. The van der Waals surface area contributed by atoms with Crippen LogP contribution in [0.5, 0.6) is 0 Å². The summed E-state index contributed by atoms with van der Waals surface area (Å²) in [6, 6.07) is 17.7. The summed E-state index contributed by atoms with van der Waals surface area (Å²) in [5.74, 6) is -1.63. The average Bonchev–Trinajstić information content (AvgIpc) is 3.67. The molecule has 2 heterocycles. The highest BCUT2D eigenvalue weighted by atomic mass is 32.1. The minimum absolute atomic E-state index is 0.155. The number of halogens is 2. The first kappa shape index (κ1) is 40.7. The lowest BCUT2D eigenvalue weighted by Gasteiger charge is -2.27. The fourth-order valence-electron chi connectivity index (χ4n) is 6.98. The van der Waals surface area contributed by atoms with Gasteiger partial charge in [-0.1, -0.05) is 48.6 Å². The van der Waals surface area contributed by atoms with E-state index in [0.717, 1.165) is 38.1 Å². The molecule has 15 heteroatoms. The van der Waals surface area contributed by atoms with E-state index in [1.165, 1.54) is 0 Å². The molecule has 0 radical (unpaired) electrons. The third kappa shape index (κ3) is 9.89. The molecular formula is C41H45F2N5O7S. The van der Waals surface area contributed by atoms with Gasteiger partial charge in [0.15, 0.2) is 5.78 Å². The van der Waals surface area contributed by atoms with E-state index in [1.807, 2.05) is 53.2 Å². The van der Waals surface area contributed by atoms with E-state index in [9.17, 15) is 28.0 Å². The summed E-state index contributed by atoms with van der Waals surface area (Å²) in [6.07, 6.45) is -0.662. The molecule has 1 atom stereocenters. The lowest BCUT2D eigenvalue weighted by Crippen LogP contribution is -2.47. The maximum atomic E-state index is 13.2. The zero-order chi connectivity index (χ0) is 39.6. The molecule has 12 nitrogen and oxygen atoms in total. The Balaban J connectivity index is 0.854. The normalized spacial score (nSPS) is 15.7. The lowest BCUT2D eigenvalue weighted by atomic mass is 9.92. The molecule has 1 aliphatic carbocycles. The van der Waals surface area contributed by atoms with Crippen molar-refractivity contribution < 1.29 is 42.2 Å². The molecule has 1 unspecified atom stereocenters. The maximum absolute atomic E-state index is 13.2. The van der Waals surface area contributed by atoms with Crippen molar-refractivity contribution in [2.45, 2.75) is 51.2 Å². The standard InChI is InChI=1S/C41H45F2N5O7S/c42-37(43)11-14-47-25-32(27-3-1-4-28(22-27)39(44)56)30-9-7-26(21-35(30)47)24-45-12-15-53-17-19-55-20-18-54-16-13-46-33-6-2-5-31-38(33)41(52)48(40(31)51)34-10-8-29(49)23-36(34)50/h1-7,9,21-22,25,34,37,45-46H,8,10-20,23-24H2,(H2,44,56). The van der Waals surface area contributed by atoms with Crippen molar-refractivity contribution in [3.8, 4) is 11.1 Å².